The van der Waals surface area contributed by atoms with E-state index in [9.17, 15) is 5.11 Å². The van der Waals surface area contributed by atoms with Crippen LogP contribution in [0.15, 0.2) is 41.5 Å². The van der Waals surface area contributed by atoms with E-state index in [1.165, 1.54) is 0 Å². The number of aliphatic imine (C=N–C) groups is 1. The molecule has 1 aromatic carbocycles. The molecule has 3 N–H and O–H groups in total. The molecule has 0 bridgehead atoms. The van der Waals surface area contributed by atoms with Crippen LogP contribution in [-0.4, -0.2) is 27.4 Å². The number of pyridine rings is 1. The van der Waals surface area contributed by atoms with Gasteiger partial charge in [0.2, 0.25) is 0 Å². The number of hydrogen-bond acceptors (Lipinski definition) is 4. The maximum atomic E-state index is 10.7. The summed E-state index contributed by atoms with van der Waals surface area (Å²) in [6, 6.07) is 9.32. The molecule has 0 aliphatic carbocycles. The Labute approximate surface area is 159 Å². The Morgan fingerprint density at radius 2 is 2.00 bits per heavy atom. The van der Waals surface area contributed by atoms with Gasteiger partial charge in [-0.3, -0.25) is 0 Å². The summed E-state index contributed by atoms with van der Waals surface area (Å²) in [4.78, 5) is 9.87. The average Bonchev–Trinajstić information content (AvgIpc) is 2.86. The van der Waals surface area contributed by atoms with Crippen molar-refractivity contribution in [2.75, 3.05) is 11.4 Å². The number of anilines is 1. The molecular weight excluding hydrogens is 362 g/mol. The van der Waals surface area contributed by atoms with Crippen LogP contribution in [0.5, 0.6) is 5.88 Å². The van der Waals surface area contributed by atoms with Gasteiger partial charge in [-0.05, 0) is 36.4 Å². The lowest BCUT2D eigenvalue weighted by molar-refractivity contribution is 0.457. The molecule has 2 aliphatic heterocycles. The molecule has 0 spiro atoms. The van der Waals surface area contributed by atoms with Crippen LogP contribution >= 0.6 is 11.6 Å². The van der Waals surface area contributed by atoms with Crippen LogP contribution < -0.4 is 20.8 Å². The van der Waals surface area contributed by atoms with Crippen LogP contribution in [0.4, 0.5) is 5.69 Å². The first-order valence-corrected chi connectivity index (χ1v) is 8.89. The number of nitrogens with zero attached hydrogens (tertiary/aromatic N) is 3. The monoisotopic (exact) mass is 377 g/mol. The topological polar surface area (TPSA) is 80.4 Å². The van der Waals surface area contributed by atoms with Crippen LogP contribution in [-0.2, 0) is 7.05 Å². The number of rotatable bonds is 1. The summed E-state index contributed by atoms with van der Waals surface area (Å²) in [5.41, 5.74) is 3.07. The fourth-order valence-corrected chi connectivity index (χ4v) is 3.87. The minimum atomic E-state index is 0.0830. The van der Waals surface area contributed by atoms with Gasteiger partial charge in [-0.2, -0.15) is 0 Å². The van der Waals surface area contributed by atoms with Crippen molar-refractivity contribution in [1.29, 1.82) is 5.41 Å². The maximum Gasteiger partial charge on any atom is 0.199 e. The van der Waals surface area contributed by atoms with E-state index < -0.39 is 0 Å². The third-order valence-electron chi connectivity index (χ3n) is 5.02. The molecule has 0 saturated heterocycles. The molecule has 0 saturated carbocycles. The Hall–Kier alpha value is -3.25. The second-order valence-corrected chi connectivity index (χ2v) is 7.05. The van der Waals surface area contributed by atoms with Gasteiger partial charge in [0.15, 0.2) is 5.88 Å². The minimum Gasteiger partial charge on any atom is -0.494 e. The number of aryl methyl sites for hydroxylation is 1. The lowest BCUT2D eigenvalue weighted by Gasteiger charge is -2.25. The molecule has 0 unspecified atom stereocenters. The Morgan fingerprint density at radius 1 is 1.22 bits per heavy atom. The average molecular weight is 378 g/mol. The highest BCUT2D eigenvalue weighted by atomic mass is 35.5. The van der Waals surface area contributed by atoms with Crippen LogP contribution in [0.1, 0.15) is 5.56 Å². The van der Waals surface area contributed by atoms with Gasteiger partial charge < -0.3 is 25.0 Å². The van der Waals surface area contributed by atoms with E-state index in [1.807, 2.05) is 48.2 Å². The number of H-pyrrole nitrogens is 1. The molecule has 3 aromatic rings. The summed E-state index contributed by atoms with van der Waals surface area (Å²) in [5, 5.41) is 21.7. The molecule has 0 radical (unpaired) electrons. The van der Waals surface area contributed by atoms with Crippen molar-refractivity contribution in [2.24, 2.45) is 12.0 Å². The van der Waals surface area contributed by atoms with Gasteiger partial charge in [-0.15, -0.1) is 0 Å². The fourth-order valence-electron chi connectivity index (χ4n) is 3.74. The third kappa shape index (κ3) is 2.27. The number of aromatic hydroxyl groups is 1. The van der Waals surface area contributed by atoms with Crippen molar-refractivity contribution in [3.05, 3.63) is 63.0 Å². The number of aromatic amines is 1. The van der Waals surface area contributed by atoms with E-state index in [0.29, 0.717) is 28.1 Å². The van der Waals surface area contributed by atoms with Crippen LogP contribution in [0.3, 0.4) is 0 Å². The molecule has 4 heterocycles. The second kappa shape index (κ2) is 5.62. The summed E-state index contributed by atoms with van der Waals surface area (Å²) >= 11 is 6.04. The first-order chi connectivity index (χ1) is 13.0. The van der Waals surface area contributed by atoms with E-state index in [4.69, 9.17) is 22.0 Å². The van der Waals surface area contributed by atoms with E-state index >= 15 is 0 Å². The van der Waals surface area contributed by atoms with Crippen LogP contribution in [0.25, 0.3) is 23.2 Å². The summed E-state index contributed by atoms with van der Waals surface area (Å²) < 4.78 is 1.91. The molecular formula is C20H16ClN5O. The van der Waals surface area contributed by atoms with Crippen molar-refractivity contribution in [1.82, 2.24) is 9.55 Å². The number of benzene rings is 1. The van der Waals surface area contributed by atoms with E-state index in [2.05, 4.69) is 9.88 Å². The Kier molecular flexibility index (Phi) is 3.32. The van der Waals surface area contributed by atoms with E-state index in [1.54, 1.807) is 12.3 Å². The maximum absolute atomic E-state index is 10.7. The number of fused-ring (bicyclic) bond motifs is 2. The number of hydrogen-bond donors (Lipinski definition) is 3. The Balaban J connectivity index is 1.88. The fraction of sp³-hybridized carbons (Fsp3) is 0.100. The molecule has 27 heavy (non-hydrogen) atoms. The van der Waals surface area contributed by atoms with Gasteiger partial charge in [0.05, 0.1) is 27.2 Å². The quantitative estimate of drug-likeness (QED) is 0.603. The molecule has 2 aliphatic rings. The largest absolute Gasteiger partial charge is 0.494 e. The standard InChI is InChI=1S/C20H16ClN5O/c1-25-8-6-14(22)13-10-23-19-16-15(24-20(27)17(16)18(13)25)7-9-26(19)12-4-2-11(21)3-5-12/h2-8,10,22,24,27H,9H2,1H3. The lowest BCUT2D eigenvalue weighted by Crippen LogP contribution is -2.39. The summed E-state index contributed by atoms with van der Waals surface area (Å²) in [6.45, 7) is 0.608. The van der Waals surface area contributed by atoms with Crippen LogP contribution in [0, 0.1) is 5.41 Å². The first kappa shape index (κ1) is 16.0. The van der Waals surface area contributed by atoms with Gasteiger partial charge in [-0.25, -0.2) is 4.99 Å². The molecule has 0 fully saturated rings. The Bertz CT molecular complexity index is 1300. The zero-order valence-corrected chi connectivity index (χ0v) is 15.2. The third-order valence-corrected chi connectivity index (χ3v) is 5.27. The van der Waals surface area contributed by atoms with Crippen molar-refractivity contribution in [3.63, 3.8) is 0 Å². The molecule has 2 aromatic heterocycles. The highest BCUT2D eigenvalue weighted by Crippen LogP contribution is 2.30. The van der Waals surface area contributed by atoms with Gasteiger partial charge >= 0.3 is 0 Å². The molecule has 7 heteroatoms. The van der Waals surface area contributed by atoms with Gasteiger partial charge in [0.25, 0.3) is 0 Å². The molecule has 5 rings (SSSR count). The van der Waals surface area contributed by atoms with Gasteiger partial charge in [0.1, 0.15) is 5.82 Å². The highest BCUT2D eigenvalue weighted by Gasteiger charge is 2.26. The zero-order valence-electron chi connectivity index (χ0n) is 14.5. The number of aromatic nitrogens is 2. The Morgan fingerprint density at radius 3 is 2.78 bits per heavy atom. The van der Waals surface area contributed by atoms with Crippen molar-refractivity contribution in [3.8, 4) is 17.1 Å². The summed E-state index contributed by atoms with van der Waals surface area (Å²) in [6.07, 6.45) is 5.56. The molecule has 6 nitrogen and oxygen atoms in total. The van der Waals surface area contributed by atoms with Gasteiger partial charge in [0, 0.05) is 42.3 Å². The minimum absolute atomic E-state index is 0.0830. The van der Waals surface area contributed by atoms with Crippen molar-refractivity contribution in [2.45, 2.75) is 0 Å². The van der Waals surface area contributed by atoms with Gasteiger partial charge in [-0.1, -0.05) is 11.6 Å². The second-order valence-electron chi connectivity index (χ2n) is 6.61. The number of halogens is 1. The predicted molar refractivity (Wildman–Crippen MR) is 106 cm³/mol. The highest BCUT2D eigenvalue weighted by molar-refractivity contribution is 6.30. The normalized spacial score (nSPS) is 14.4. The summed E-state index contributed by atoms with van der Waals surface area (Å²) in [5.74, 6) is 0.816. The molecule has 0 amide bonds. The molecule has 134 valence electrons. The predicted octanol–water partition coefficient (Wildman–Crippen LogP) is 1.66. The SMILES string of the molecule is Cn1ccc(=N)c2c1-c1c(O)[nH]c3c1=C(N=C2)N(c1ccc(Cl)cc1)CC=3. The smallest absolute Gasteiger partial charge is 0.199 e. The van der Waals surface area contributed by atoms with Crippen molar-refractivity contribution >= 4 is 35.4 Å². The first-order valence-electron chi connectivity index (χ1n) is 8.52. The summed E-state index contributed by atoms with van der Waals surface area (Å²) in [7, 11) is 1.90. The van der Waals surface area contributed by atoms with E-state index in [-0.39, 0.29) is 5.88 Å². The van der Waals surface area contributed by atoms with E-state index in [0.717, 1.165) is 27.8 Å². The zero-order chi connectivity index (χ0) is 18.7. The lowest BCUT2D eigenvalue weighted by atomic mass is 10.1. The number of nitrogens with one attached hydrogen (secondary N) is 2. The van der Waals surface area contributed by atoms with Crippen LogP contribution in [0.2, 0.25) is 5.02 Å². The van der Waals surface area contributed by atoms with Crippen molar-refractivity contribution < 1.29 is 5.11 Å². The molecule has 0 atom stereocenters.